The van der Waals surface area contributed by atoms with E-state index in [2.05, 4.69) is 10.6 Å². The van der Waals surface area contributed by atoms with Crippen LogP contribution in [-0.4, -0.2) is 32.6 Å². The number of nitrogens with zero attached hydrogens (tertiary/aromatic N) is 1. The van der Waals surface area contributed by atoms with Gasteiger partial charge in [-0.3, -0.25) is 4.79 Å². The van der Waals surface area contributed by atoms with Crippen LogP contribution < -0.4 is 15.5 Å². The molecule has 0 aliphatic heterocycles. The summed E-state index contributed by atoms with van der Waals surface area (Å²) in [5.74, 6) is 0.00505. The zero-order valence-corrected chi connectivity index (χ0v) is 13.4. The van der Waals surface area contributed by atoms with Crippen LogP contribution in [0, 0.1) is 11.7 Å². The van der Waals surface area contributed by atoms with Crippen LogP contribution in [0.3, 0.4) is 0 Å². The van der Waals surface area contributed by atoms with E-state index in [1.165, 1.54) is 6.07 Å². The molecule has 1 aromatic rings. The van der Waals surface area contributed by atoms with Crippen LogP contribution in [0.4, 0.5) is 10.1 Å². The fourth-order valence-corrected chi connectivity index (χ4v) is 2.06. The van der Waals surface area contributed by atoms with Gasteiger partial charge in [-0.05, 0) is 24.1 Å². The van der Waals surface area contributed by atoms with Crippen molar-refractivity contribution >= 4 is 11.6 Å². The second kappa shape index (κ2) is 8.62. The number of anilines is 1. The Morgan fingerprint density at radius 1 is 1.38 bits per heavy atom. The highest BCUT2D eigenvalue weighted by Gasteiger charge is 2.15. The highest BCUT2D eigenvalue weighted by Crippen LogP contribution is 2.23. The van der Waals surface area contributed by atoms with E-state index in [0.29, 0.717) is 24.7 Å². The number of para-hydroxylation sites is 1. The summed E-state index contributed by atoms with van der Waals surface area (Å²) in [5, 5.41) is 6.03. The minimum absolute atomic E-state index is 0.0937. The first-order valence-corrected chi connectivity index (χ1v) is 7.41. The maximum Gasteiger partial charge on any atom is 0.239 e. The lowest BCUT2D eigenvalue weighted by molar-refractivity contribution is -0.119. The molecule has 0 heterocycles. The summed E-state index contributed by atoms with van der Waals surface area (Å²) in [5.41, 5.74) is 1.34. The van der Waals surface area contributed by atoms with Crippen molar-refractivity contribution in [3.63, 3.8) is 0 Å². The van der Waals surface area contributed by atoms with E-state index in [4.69, 9.17) is 0 Å². The van der Waals surface area contributed by atoms with Crippen molar-refractivity contribution in [2.75, 3.05) is 31.6 Å². The maximum atomic E-state index is 14.1. The van der Waals surface area contributed by atoms with Gasteiger partial charge < -0.3 is 15.5 Å². The number of carbonyl (C=O) groups excluding carboxylic acids is 1. The topological polar surface area (TPSA) is 44.4 Å². The molecule has 21 heavy (non-hydrogen) atoms. The van der Waals surface area contributed by atoms with Gasteiger partial charge in [0.25, 0.3) is 0 Å². The molecule has 0 saturated carbocycles. The first-order chi connectivity index (χ1) is 9.95. The fraction of sp³-hybridized carbons (Fsp3) is 0.562. The minimum Gasteiger partial charge on any atom is -0.363 e. The lowest BCUT2D eigenvalue weighted by atomic mass is 10.1. The van der Waals surface area contributed by atoms with Crippen LogP contribution >= 0.6 is 0 Å². The predicted octanol–water partition coefficient (Wildman–Crippen LogP) is 2.14. The molecule has 0 fully saturated rings. The zero-order chi connectivity index (χ0) is 15.8. The van der Waals surface area contributed by atoms with Gasteiger partial charge in [-0.2, -0.15) is 0 Å². The Hall–Kier alpha value is -1.62. The molecule has 0 bridgehead atoms. The third-order valence-corrected chi connectivity index (χ3v) is 3.11. The largest absolute Gasteiger partial charge is 0.363 e. The Labute approximate surface area is 126 Å². The van der Waals surface area contributed by atoms with Crippen LogP contribution in [0.2, 0.25) is 0 Å². The molecule has 0 spiro atoms. The molecule has 0 aromatic heterocycles. The molecule has 0 atom stereocenters. The molecule has 0 unspecified atom stereocenters. The standard InChI is InChI=1S/C16H26FN3O/c1-5-18-10-13-7-6-8-14(17)16(13)20(4)11-15(21)19-9-12(2)3/h6-8,12,18H,5,9-11H2,1-4H3,(H,19,21). The van der Waals surface area contributed by atoms with E-state index in [1.807, 2.05) is 26.8 Å². The van der Waals surface area contributed by atoms with Gasteiger partial charge in [0.05, 0.1) is 12.2 Å². The van der Waals surface area contributed by atoms with Crippen molar-refractivity contribution < 1.29 is 9.18 Å². The molecule has 0 radical (unpaired) electrons. The van der Waals surface area contributed by atoms with Gasteiger partial charge in [0.1, 0.15) is 5.82 Å². The maximum absolute atomic E-state index is 14.1. The number of carbonyl (C=O) groups is 1. The SMILES string of the molecule is CCNCc1cccc(F)c1N(C)CC(=O)NCC(C)C. The number of hydrogen-bond acceptors (Lipinski definition) is 3. The van der Waals surface area contributed by atoms with E-state index in [0.717, 1.165) is 12.1 Å². The van der Waals surface area contributed by atoms with Crippen LogP contribution in [0.1, 0.15) is 26.3 Å². The summed E-state index contributed by atoms with van der Waals surface area (Å²) in [6, 6.07) is 5.00. The van der Waals surface area contributed by atoms with E-state index >= 15 is 0 Å². The van der Waals surface area contributed by atoms with Crippen LogP contribution in [0.15, 0.2) is 18.2 Å². The highest BCUT2D eigenvalue weighted by molar-refractivity contribution is 5.81. The molecule has 1 rings (SSSR count). The van der Waals surface area contributed by atoms with Gasteiger partial charge in [0.2, 0.25) is 5.91 Å². The van der Waals surface area contributed by atoms with Crippen LogP contribution in [0.25, 0.3) is 0 Å². The molecule has 5 heteroatoms. The second-order valence-electron chi connectivity index (χ2n) is 5.58. The molecule has 118 valence electrons. The van der Waals surface area contributed by atoms with Gasteiger partial charge in [-0.15, -0.1) is 0 Å². The Morgan fingerprint density at radius 2 is 2.10 bits per heavy atom. The second-order valence-corrected chi connectivity index (χ2v) is 5.58. The predicted molar refractivity (Wildman–Crippen MR) is 84.9 cm³/mol. The summed E-state index contributed by atoms with van der Waals surface area (Å²) in [6.45, 7) is 8.25. The third kappa shape index (κ3) is 5.71. The molecule has 0 saturated heterocycles. The van der Waals surface area contributed by atoms with Gasteiger partial charge in [-0.1, -0.05) is 32.9 Å². The van der Waals surface area contributed by atoms with Crippen LogP contribution in [0.5, 0.6) is 0 Å². The van der Waals surface area contributed by atoms with E-state index in [-0.39, 0.29) is 18.3 Å². The monoisotopic (exact) mass is 295 g/mol. The van der Waals surface area contributed by atoms with Gasteiger partial charge in [-0.25, -0.2) is 4.39 Å². The number of nitrogens with one attached hydrogen (secondary N) is 2. The number of likely N-dealkylation sites (N-methyl/N-ethyl adjacent to an activating group) is 1. The number of amides is 1. The van der Waals surface area contributed by atoms with E-state index < -0.39 is 0 Å². The lowest BCUT2D eigenvalue weighted by Crippen LogP contribution is -2.37. The summed E-state index contributed by atoms with van der Waals surface area (Å²) in [7, 11) is 1.74. The number of rotatable bonds is 8. The van der Waals surface area contributed by atoms with Gasteiger partial charge in [0, 0.05) is 20.1 Å². The molecule has 2 N–H and O–H groups in total. The molecular formula is C16H26FN3O. The van der Waals surface area contributed by atoms with Crippen molar-refractivity contribution in [3.05, 3.63) is 29.6 Å². The Bertz CT molecular complexity index is 463. The third-order valence-electron chi connectivity index (χ3n) is 3.11. The van der Waals surface area contributed by atoms with Crippen LogP contribution in [-0.2, 0) is 11.3 Å². The summed E-state index contributed by atoms with van der Waals surface area (Å²) < 4.78 is 14.1. The van der Waals surface area contributed by atoms with Crippen molar-refractivity contribution in [2.24, 2.45) is 5.92 Å². The summed E-state index contributed by atoms with van der Waals surface area (Å²) in [4.78, 5) is 13.5. The quantitative estimate of drug-likeness (QED) is 0.772. The number of benzene rings is 1. The summed E-state index contributed by atoms with van der Waals surface area (Å²) in [6.07, 6.45) is 0. The highest BCUT2D eigenvalue weighted by atomic mass is 19.1. The molecule has 4 nitrogen and oxygen atoms in total. The molecule has 0 aliphatic rings. The normalized spacial score (nSPS) is 10.8. The smallest absolute Gasteiger partial charge is 0.239 e. The van der Waals surface area contributed by atoms with Gasteiger partial charge >= 0.3 is 0 Å². The lowest BCUT2D eigenvalue weighted by Gasteiger charge is -2.23. The number of halogens is 1. The molecular weight excluding hydrogens is 269 g/mol. The average Bonchev–Trinajstić information content (AvgIpc) is 2.42. The molecule has 0 aliphatic carbocycles. The van der Waals surface area contributed by atoms with Gasteiger partial charge in [0.15, 0.2) is 0 Å². The molecule has 1 aromatic carbocycles. The van der Waals surface area contributed by atoms with Crippen molar-refractivity contribution in [3.8, 4) is 0 Å². The zero-order valence-electron chi connectivity index (χ0n) is 13.4. The fourth-order valence-electron chi connectivity index (χ4n) is 2.06. The Morgan fingerprint density at radius 3 is 2.71 bits per heavy atom. The first-order valence-electron chi connectivity index (χ1n) is 7.41. The van der Waals surface area contributed by atoms with E-state index in [1.54, 1.807) is 18.0 Å². The average molecular weight is 295 g/mol. The molecule has 1 amide bonds. The van der Waals surface area contributed by atoms with Crippen molar-refractivity contribution in [2.45, 2.75) is 27.3 Å². The minimum atomic E-state index is -0.301. The van der Waals surface area contributed by atoms with Crippen molar-refractivity contribution in [1.82, 2.24) is 10.6 Å². The van der Waals surface area contributed by atoms with Crippen molar-refractivity contribution in [1.29, 1.82) is 0 Å². The first kappa shape index (κ1) is 17.4. The Balaban J connectivity index is 2.76. The summed E-state index contributed by atoms with van der Waals surface area (Å²) >= 11 is 0. The van der Waals surface area contributed by atoms with E-state index in [9.17, 15) is 9.18 Å². The number of hydrogen-bond donors (Lipinski definition) is 2. The Kier molecular flexibility index (Phi) is 7.15.